The fourth-order valence-corrected chi connectivity index (χ4v) is 3.28. The number of carbonyl (C=O) groups is 1. The van der Waals surface area contributed by atoms with Gasteiger partial charge >= 0.3 is 0 Å². The molecule has 0 spiro atoms. The Morgan fingerprint density at radius 2 is 2.06 bits per heavy atom. The summed E-state index contributed by atoms with van der Waals surface area (Å²) in [5.74, 6) is 0.0451. The molecular formula is C15H19NO2. The van der Waals surface area contributed by atoms with Crippen molar-refractivity contribution in [2.45, 2.75) is 45.1 Å². The molecule has 3 heteroatoms. The molecule has 1 saturated carbocycles. The van der Waals surface area contributed by atoms with E-state index in [-0.39, 0.29) is 11.3 Å². The van der Waals surface area contributed by atoms with E-state index in [1.807, 2.05) is 18.2 Å². The molecule has 0 bridgehead atoms. The molecule has 0 radical (unpaired) electrons. The molecule has 2 N–H and O–H groups in total. The van der Waals surface area contributed by atoms with Gasteiger partial charge in [-0.1, -0.05) is 31.9 Å². The normalized spacial score (nSPS) is 22.7. The molecule has 1 heterocycles. The van der Waals surface area contributed by atoms with Gasteiger partial charge in [-0.05, 0) is 35.4 Å². The fourth-order valence-electron chi connectivity index (χ4n) is 3.28. The third-order valence-corrected chi connectivity index (χ3v) is 4.48. The first-order valence-corrected chi connectivity index (χ1v) is 6.69. The summed E-state index contributed by atoms with van der Waals surface area (Å²) in [6.45, 7) is 2.17. The van der Waals surface area contributed by atoms with E-state index in [0.717, 1.165) is 29.7 Å². The van der Waals surface area contributed by atoms with Crippen molar-refractivity contribution in [2.24, 2.45) is 5.41 Å². The van der Waals surface area contributed by atoms with E-state index < -0.39 is 6.10 Å². The molecule has 0 saturated heterocycles. The molecule has 1 atom stereocenters. The lowest BCUT2D eigenvalue weighted by molar-refractivity contribution is -0.115. The van der Waals surface area contributed by atoms with Crippen molar-refractivity contribution >= 4 is 11.6 Å². The van der Waals surface area contributed by atoms with Gasteiger partial charge in [-0.3, -0.25) is 4.79 Å². The van der Waals surface area contributed by atoms with E-state index in [1.165, 1.54) is 12.8 Å². The molecule has 2 aliphatic rings. The van der Waals surface area contributed by atoms with Crippen LogP contribution >= 0.6 is 0 Å². The maximum atomic E-state index is 11.3. The minimum absolute atomic E-state index is 0.00424. The molecule has 96 valence electrons. The lowest BCUT2D eigenvalue weighted by Crippen LogP contribution is -2.22. The number of fused-ring (bicyclic) bond motifs is 1. The second kappa shape index (κ2) is 4.09. The van der Waals surface area contributed by atoms with Crippen molar-refractivity contribution in [3.05, 3.63) is 29.3 Å². The number of benzene rings is 1. The Balaban J connectivity index is 1.89. The SMILES string of the molecule is CC1(C(O)c2ccc3c(c2)CC(=O)N3)CCCC1. The molecule has 1 aliphatic heterocycles. The van der Waals surface area contributed by atoms with Crippen molar-refractivity contribution in [3.8, 4) is 0 Å². The summed E-state index contributed by atoms with van der Waals surface area (Å²) >= 11 is 0. The van der Waals surface area contributed by atoms with Crippen LogP contribution in [0.25, 0.3) is 0 Å². The Morgan fingerprint density at radius 1 is 1.33 bits per heavy atom. The van der Waals surface area contributed by atoms with Crippen LogP contribution in [-0.4, -0.2) is 11.0 Å². The van der Waals surface area contributed by atoms with Gasteiger partial charge in [0.2, 0.25) is 5.91 Å². The van der Waals surface area contributed by atoms with E-state index in [0.29, 0.717) is 6.42 Å². The second-order valence-electron chi connectivity index (χ2n) is 5.91. The monoisotopic (exact) mass is 245 g/mol. The molecule has 1 aromatic rings. The van der Waals surface area contributed by atoms with Crippen LogP contribution in [0.15, 0.2) is 18.2 Å². The van der Waals surface area contributed by atoms with Gasteiger partial charge < -0.3 is 10.4 Å². The summed E-state index contributed by atoms with van der Waals surface area (Å²) in [4.78, 5) is 11.3. The van der Waals surface area contributed by atoms with Crippen LogP contribution in [0.5, 0.6) is 0 Å². The van der Waals surface area contributed by atoms with Gasteiger partial charge in [0.25, 0.3) is 0 Å². The Bertz CT molecular complexity index is 489. The number of anilines is 1. The largest absolute Gasteiger partial charge is 0.388 e. The predicted octanol–water partition coefficient (Wildman–Crippen LogP) is 2.79. The topological polar surface area (TPSA) is 49.3 Å². The molecular weight excluding hydrogens is 226 g/mol. The lowest BCUT2D eigenvalue weighted by Gasteiger charge is -2.30. The second-order valence-corrected chi connectivity index (χ2v) is 5.91. The minimum atomic E-state index is -0.416. The number of amides is 1. The van der Waals surface area contributed by atoms with Crippen LogP contribution in [-0.2, 0) is 11.2 Å². The number of rotatable bonds is 2. The lowest BCUT2D eigenvalue weighted by atomic mass is 9.79. The zero-order valence-corrected chi connectivity index (χ0v) is 10.7. The summed E-state index contributed by atoms with van der Waals surface area (Å²) in [6, 6.07) is 5.84. The molecule has 1 aromatic carbocycles. The van der Waals surface area contributed by atoms with Gasteiger partial charge in [0, 0.05) is 5.69 Å². The van der Waals surface area contributed by atoms with Crippen LogP contribution < -0.4 is 5.32 Å². The predicted molar refractivity (Wildman–Crippen MR) is 70.3 cm³/mol. The van der Waals surface area contributed by atoms with E-state index in [4.69, 9.17) is 0 Å². The summed E-state index contributed by atoms with van der Waals surface area (Å²) in [7, 11) is 0. The summed E-state index contributed by atoms with van der Waals surface area (Å²) in [6.07, 6.45) is 4.61. The van der Waals surface area contributed by atoms with Crippen LogP contribution in [0, 0.1) is 5.41 Å². The Hall–Kier alpha value is -1.35. The molecule has 0 aromatic heterocycles. The number of aliphatic hydroxyl groups excluding tert-OH is 1. The Kier molecular flexibility index (Phi) is 2.67. The first kappa shape index (κ1) is 11.7. The van der Waals surface area contributed by atoms with Crippen molar-refractivity contribution in [2.75, 3.05) is 5.32 Å². The number of hydrogen-bond acceptors (Lipinski definition) is 2. The van der Waals surface area contributed by atoms with E-state index in [1.54, 1.807) is 0 Å². The Morgan fingerprint density at radius 3 is 2.78 bits per heavy atom. The van der Waals surface area contributed by atoms with Crippen molar-refractivity contribution in [3.63, 3.8) is 0 Å². The van der Waals surface area contributed by atoms with Gasteiger partial charge in [-0.25, -0.2) is 0 Å². The van der Waals surface area contributed by atoms with Crippen LogP contribution in [0.4, 0.5) is 5.69 Å². The zero-order valence-electron chi connectivity index (χ0n) is 10.7. The molecule has 18 heavy (non-hydrogen) atoms. The smallest absolute Gasteiger partial charge is 0.228 e. The van der Waals surface area contributed by atoms with Crippen molar-refractivity contribution in [1.82, 2.24) is 0 Å². The van der Waals surface area contributed by atoms with Gasteiger partial charge in [0.15, 0.2) is 0 Å². The summed E-state index contributed by atoms with van der Waals surface area (Å²) in [5.41, 5.74) is 2.87. The summed E-state index contributed by atoms with van der Waals surface area (Å²) < 4.78 is 0. The van der Waals surface area contributed by atoms with Crippen LogP contribution in [0.3, 0.4) is 0 Å². The standard InChI is InChI=1S/C15H19NO2/c1-15(6-2-3-7-15)14(18)10-4-5-12-11(8-10)9-13(17)16-12/h4-5,8,14,18H,2-3,6-7,9H2,1H3,(H,16,17). The third-order valence-electron chi connectivity index (χ3n) is 4.48. The van der Waals surface area contributed by atoms with Crippen molar-refractivity contribution in [1.29, 1.82) is 0 Å². The average Bonchev–Trinajstić information content (AvgIpc) is 2.93. The van der Waals surface area contributed by atoms with Gasteiger partial charge in [-0.15, -0.1) is 0 Å². The highest BCUT2D eigenvalue weighted by Gasteiger charge is 2.37. The maximum absolute atomic E-state index is 11.3. The van der Waals surface area contributed by atoms with E-state index in [9.17, 15) is 9.90 Å². The average molecular weight is 245 g/mol. The first-order chi connectivity index (χ1) is 8.58. The van der Waals surface area contributed by atoms with E-state index >= 15 is 0 Å². The quantitative estimate of drug-likeness (QED) is 0.841. The highest BCUT2D eigenvalue weighted by Crippen LogP contribution is 2.47. The molecule has 1 unspecified atom stereocenters. The Labute approximate surface area is 107 Å². The fraction of sp³-hybridized carbons (Fsp3) is 0.533. The molecule has 3 nitrogen and oxygen atoms in total. The maximum Gasteiger partial charge on any atom is 0.228 e. The number of aliphatic hydroxyl groups is 1. The summed E-state index contributed by atoms with van der Waals surface area (Å²) in [5, 5.41) is 13.4. The zero-order chi connectivity index (χ0) is 12.8. The van der Waals surface area contributed by atoms with Gasteiger partial charge in [0.05, 0.1) is 12.5 Å². The third kappa shape index (κ3) is 1.83. The molecule has 1 aliphatic carbocycles. The number of hydrogen-bond donors (Lipinski definition) is 2. The number of carbonyl (C=O) groups excluding carboxylic acids is 1. The first-order valence-electron chi connectivity index (χ1n) is 6.69. The molecule has 3 rings (SSSR count). The molecule has 1 fully saturated rings. The number of nitrogens with one attached hydrogen (secondary N) is 1. The molecule has 1 amide bonds. The van der Waals surface area contributed by atoms with Gasteiger partial charge in [-0.2, -0.15) is 0 Å². The highest BCUT2D eigenvalue weighted by molar-refractivity contribution is 5.99. The van der Waals surface area contributed by atoms with Crippen molar-refractivity contribution < 1.29 is 9.90 Å². The highest BCUT2D eigenvalue weighted by atomic mass is 16.3. The van der Waals surface area contributed by atoms with Gasteiger partial charge in [0.1, 0.15) is 0 Å². The minimum Gasteiger partial charge on any atom is -0.388 e. The van der Waals surface area contributed by atoms with Crippen LogP contribution in [0.1, 0.15) is 49.8 Å². The van der Waals surface area contributed by atoms with Crippen LogP contribution in [0.2, 0.25) is 0 Å². The van der Waals surface area contributed by atoms with E-state index in [2.05, 4.69) is 12.2 Å².